The molecule has 0 heterocycles. The van der Waals surface area contributed by atoms with E-state index >= 15 is 0 Å². The Kier molecular flexibility index (Phi) is 6.61. The van der Waals surface area contributed by atoms with E-state index in [0.29, 0.717) is 6.61 Å². The quantitative estimate of drug-likeness (QED) is 0.446. The standard InChI is InChI=1S/C9H18O/c1-9(2)7-5-3-4-6-8-10/h10H,1,3-8H2,2H3. The summed E-state index contributed by atoms with van der Waals surface area (Å²) in [7, 11) is 0. The average molecular weight is 142 g/mol. The van der Waals surface area contributed by atoms with Gasteiger partial charge in [-0.25, -0.2) is 0 Å². The van der Waals surface area contributed by atoms with Crippen LogP contribution in [0.25, 0.3) is 0 Å². The summed E-state index contributed by atoms with van der Waals surface area (Å²) < 4.78 is 0. The van der Waals surface area contributed by atoms with Gasteiger partial charge in [0.15, 0.2) is 0 Å². The fraction of sp³-hybridized carbons (Fsp3) is 0.778. The second kappa shape index (κ2) is 6.81. The van der Waals surface area contributed by atoms with Crippen molar-refractivity contribution < 1.29 is 5.11 Å². The third kappa shape index (κ3) is 7.70. The first-order valence-corrected chi connectivity index (χ1v) is 4.02. The smallest absolute Gasteiger partial charge is 0.0431 e. The van der Waals surface area contributed by atoms with E-state index in [1.54, 1.807) is 0 Å². The number of aliphatic hydroxyl groups is 1. The summed E-state index contributed by atoms with van der Waals surface area (Å²) in [6.07, 6.45) is 5.72. The Balaban J connectivity index is 2.84. The molecule has 0 bridgehead atoms. The molecule has 0 spiro atoms. The van der Waals surface area contributed by atoms with Gasteiger partial charge in [-0.3, -0.25) is 0 Å². The molecule has 60 valence electrons. The molecule has 10 heavy (non-hydrogen) atoms. The second-order valence-electron chi connectivity index (χ2n) is 2.84. The Hall–Kier alpha value is -0.300. The molecule has 0 aromatic rings. The lowest BCUT2D eigenvalue weighted by molar-refractivity contribution is 0.282. The van der Waals surface area contributed by atoms with E-state index < -0.39 is 0 Å². The van der Waals surface area contributed by atoms with Crippen LogP contribution >= 0.6 is 0 Å². The molecular weight excluding hydrogens is 124 g/mol. The zero-order valence-corrected chi connectivity index (χ0v) is 6.90. The fourth-order valence-electron chi connectivity index (χ4n) is 0.892. The molecule has 0 aromatic carbocycles. The van der Waals surface area contributed by atoms with Crippen molar-refractivity contribution in [1.82, 2.24) is 0 Å². The molecule has 1 heteroatoms. The number of allylic oxidation sites excluding steroid dienone is 1. The zero-order valence-electron chi connectivity index (χ0n) is 6.90. The van der Waals surface area contributed by atoms with Gasteiger partial charge in [-0.2, -0.15) is 0 Å². The highest BCUT2D eigenvalue weighted by atomic mass is 16.2. The van der Waals surface area contributed by atoms with Crippen LogP contribution in [0.2, 0.25) is 0 Å². The van der Waals surface area contributed by atoms with Crippen molar-refractivity contribution in [3.8, 4) is 0 Å². The minimum absolute atomic E-state index is 0.340. The lowest BCUT2D eigenvalue weighted by Crippen LogP contribution is -1.83. The van der Waals surface area contributed by atoms with Gasteiger partial charge in [0.25, 0.3) is 0 Å². The summed E-state index contributed by atoms with van der Waals surface area (Å²) in [4.78, 5) is 0. The summed E-state index contributed by atoms with van der Waals surface area (Å²) in [6.45, 7) is 6.23. The molecule has 0 aliphatic rings. The monoisotopic (exact) mass is 142 g/mol. The average Bonchev–Trinajstić information content (AvgIpc) is 1.87. The van der Waals surface area contributed by atoms with E-state index in [4.69, 9.17) is 5.11 Å². The number of hydrogen-bond acceptors (Lipinski definition) is 1. The largest absolute Gasteiger partial charge is 0.396 e. The zero-order chi connectivity index (χ0) is 7.82. The van der Waals surface area contributed by atoms with Crippen LogP contribution in [-0.4, -0.2) is 11.7 Å². The maximum atomic E-state index is 8.46. The summed E-state index contributed by atoms with van der Waals surface area (Å²) in [5.41, 5.74) is 1.27. The predicted octanol–water partition coefficient (Wildman–Crippen LogP) is 2.51. The molecule has 0 fully saturated rings. The first kappa shape index (κ1) is 9.70. The minimum atomic E-state index is 0.340. The van der Waals surface area contributed by atoms with E-state index in [0.717, 1.165) is 19.3 Å². The summed E-state index contributed by atoms with van der Waals surface area (Å²) in [6, 6.07) is 0. The molecule has 0 saturated carbocycles. The van der Waals surface area contributed by atoms with Crippen LogP contribution in [0, 0.1) is 0 Å². The maximum Gasteiger partial charge on any atom is 0.0431 e. The molecule has 0 rings (SSSR count). The van der Waals surface area contributed by atoms with Gasteiger partial charge in [0.05, 0.1) is 0 Å². The van der Waals surface area contributed by atoms with Crippen molar-refractivity contribution >= 4 is 0 Å². The Morgan fingerprint density at radius 3 is 2.30 bits per heavy atom. The lowest BCUT2D eigenvalue weighted by atomic mass is 10.1. The van der Waals surface area contributed by atoms with Gasteiger partial charge in [0.2, 0.25) is 0 Å². The van der Waals surface area contributed by atoms with Crippen LogP contribution in [0.3, 0.4) is 0 Å². The molecule has 0 saturated heterocycles. The van der Waals surface area contributed by atoms with E-state index in [2.05, 4.69) is 13.5 Å². The molecule has 0 unspecified atom stereocenters. The van der Waals surface area contributed by atoms with E-state index in [1.807, 2.05) is 0 Å². The molecular formula is C9H18O. The van der Waals surface area contributed by atoms with Crippen LogP contribution in [-0.2, 0) is 0 Å². The number of rotatable bonds is 6. The van der Waals surface area contributed by atoms with Crippen molar-refractivity contribution in [3.05, 3.63) is 12.2 Å². The van der Waals surface area contributed by atoms with Crippen molar-refractivity contribution in [2.75, 3.05) is 6.61 Å². The van der Waals surface area contributed by atoms with Gasteiger partial charge in [-0.1, -0.05) is 18.4 Å². The minimum Gasteiger partial charge on any atom is -0.396 e. The van der Waals surface area contributed by atoms with Crippen molar-refractivity contribution in [2.45, 2.75) is 39.0 Å². The highest BCUT2D eigenvalue weighted by molar-refractivity contribution is 4.86. The van der Waals surface area contributed by atoms with Gasteiger partial charge in [-0.05, 0) is 26.2 Å². The molecule has 0 aliphatic heterocycles. The summed E-state index contributed by atoms with van der Waals surface area (Å²) in [5.74, 6) is 0. The number of hydrogen-bond donors (Lipinski definition) is 1. The molecule has 0 aliphatic carbocycles. The van der Waals surface area contributed by atoms with Gasteiger partial charge in [0.1, 0.15) is 0 Å². The fourth-order valence-corrected chi connectivity index (χ4v) is 0.892. The van der Waals surface area contributed by atoms with E-state index in [-0.39, 0.29) is 0 Å². The summed E-state index contributed by atoms with van der Waals surface area (Å²) >= 11 is 0. The van der Waals surface area contributed by atoms with Crippen LogP contribution < -0.4 is 0 Å². The lowest BCUT2D eigenvalue weighted by Gasteiger charge is -1.98. The normalized spacial score (nSPS) is 9.80. The predicted molar refractivity (Wildman–Crippen MR) is 45.0 cm³/mol. The molecule has 0 atom stereocenters. The number of unbranched alkanes of at least 4 members (excludes halogenated alkanes) is 3. The highest BCUT2D eigenvalue weighted by Crippen LogP contribution is 2.06. The molecule has 0 amide bonds. The Labute approximate surface area is 63.8 Å². The van der Waals surface area contributed by atoms with Crippen molar-refractivity contribution in [2.24, 2.45) is 0 Å². The van der Waals surface area contributed by atoms with Gasteiger partial charge in [-0.15, -0.1) is 6.58 Å². The van der Waals surface area contributed by atoms with Gasteiger partial charge < -0.3 is 5.11 Å². The van der Waals surface area contributed by atoms with Crippen LogP contribution in [0.15, 0.2) is 12.2 Å². The Morgan fingerprint density at radius 2 is 1.80 bits per heavy atom. The van der Waals surface area contributed by atoms with E-state index in [9.17, 15) is 0 Å². The topological polar surface area (TPSA) is 20.2 Å². The number of aliphatic hydroxyl groups excluding tert-OH is 1. The summed E-state index contributed by atoms with van der Waals surface area (Å²) in [5, 5.41) is 8.46. The van der Waals surface area contributed by atoms with Crippen LogP contribution in [0.1, 0.15) is 39.0 Å². The first-order chi connectivity index (χ1) is 4.77. The van der Waals surface area contributed by atoms with Crippen molar-refractivity contribution in [3.63, 3.8) is 0 Å². The van der Waals surface area contributed by atoms with Gasteiger partial charge in [0, 0.05) is 6.61 Å². The third-order valence-electron chi connectivity index (χ3n) is 1.51. The molecule has 0 radical (unpaired) electrons. The Morgan fingerprint density at radius 1 is 1.20 bits per heavy atom. The molecule has 1 N–H and O–H groups in total. The van der Waals surface area contributed by atoms with Crippen molar-refractivity contribution in [1.29, 1.82) is 0 Å². The van der Waals surface area contributed by atoms with Gasteiger partial charge >= 0.3 is 0 Å². The highest BCUT2D eigenvalue weighted by Gasteiger charge is 1.88. The molecule has 1 nitrogen and oxygen atoms in total. The SMILES string of the molecule is C=C(C)CCCCCCO. The van der Waals surface area contributed by atoms with E-state index in [1.165, 1.54) is 18.4 Å². The molecule has 0 aromatic heterocycles. The second-order valence-corrected chi connectivity index (χ2v) is 2.84. The third-order valence-corrected chi connectivity index (χ3v) is 1.51. The van der Waals surface area contributed by atoms with Crippen LogP contribution in [0.4, 0.5) is 0 Å². The van der Waals surface area contributed by atoms with Crippen LogP contribution in [0.5, 0.6) is 0 Å². The maximum absolute atomic E-state index is 8.46. The Bertz CT molecular complexity index is 86.7. The first-order valence-electron chi connectivity index (χ1n) is 4.02.